The molecule has 1 aliphatic heterocycles. The number of rotatable bonds is 9. The summed E-state index contributed by atoms with van der Waals surface area (Å²) in [7, 11) is 0. The van der Waals surface area contributed by atoms with Crippen molar-refractivity contribution >= 4 is 44.3 Å². The van der Waals surface area contributed by atoms with E-state index in [0.29, 0.717) is 18.0 Å². The number of pyridine rings is 1. The number of imidazole rings is 1. The normalized spacial score (nSPS) is 12.3. The zero-order valence-corrected chi connectivity index (χ0v) is 46.5. The molecule has 79 heavy (non-hydrogen) atoms. The Labute approximate surface area is 471 Å². The fourth-order valence-corrected chi connectivity index (χ4v) is 12.7. The van der Waals surface area contributed by atoms with Gasteiger partial charge >= 0.3 is 321 Å². The summed E-state index contributed by atoms with van der Waals surface area (Å²) in [5.74, 6) is 2.01. The third kappa shape index (κ3) is 8.46. The van der Waals surface area contributed by atoms with Gasteiger partial charge in [0.05, 0.1) is 11.0 Å². The summed E-state index contributed by atoms with van der Waals surface area (Å²) < 4.78 is 15.0. The second-order valence-electron chi connectivity index (χ2n) is 21.4. The third-order valence-corrected chi connectivity index (χ3v) is 16.5. The molecular weight excluding hydrogens is 1150 g/mol. The number of para-hydroxylation sites is 4. The van der Waals surface area contributed by atoms with Crippen molar-refractivity contribution in [3.8, 4) is 73.1 Å². The molecule has 0 fully saturated rings. The van der Waals surface area contributed by atoms with Crippen LogP contribution < -0.4 is 9.64 Å². The molecule has 14 rings (SSSR count). The predicted octanol–water partition coefficient (Wildman–Crippen LogP) is 18.3. The average molecular weight is 1200 g/mol. The first-order valence-electron chi connectivity index (χ1n) is 26.8. The maximum absolute atomic E-state index is 6.89. The number of aryl methyl sites for hydroxylation is 1. The van der Waals surface area contributed by atoms with E-state index in [1.54, 1.807) is 0 Å². The maximum atomic E-state index is 6.89. The molecule has 0 bridgehead atoms. The van der Waals surface area contributed by atoms with Crippen molar-refractivity contribution in [1.29, 1.82) is 0 Å². The van der Waals surface area contributed by atoms with Gasteiger partial charge in [0, 0.05) is 28.2 Å². The summed E-state index contributed by atoms with van der Waals surface area (Å²) in [6.07, 6.45) is 2.01. The molecule has 0 N–H and O–H groups in total. The van der Waals surface area contributed by atoms with Crippen LogP contribution in [0.15, 0.2) is 237 Å². The monoisotopic (exact) mass is 1200 g/mol. The van der Waals surface area contributed by atoms with Gasteiger partial charge in [-0.2, -0.15) is 0 Å². The van der Waals surface area contributed by atoms with Gasteiger partial charge in [0.1, 0.15) is 0 Å². The van der Waals surface area contributed by atoms with Crippen LogP contribution in [0.3, 0.4) is 0 Å². The van der Waals surface area contributed by atoms with E-state index in [4.69, 9.17) is 9.72 Å². The zero-order valence-electron chi connectivity index (χ0n) is 44.2. The number of fused-ring (bicyclic) bond motifs is 7. The summed E-state index contributed by atoms with van der Waals surface area (Å²) >= 11 is 2.51. The minimum Gasteiger partial charge on any atom is -0.0622 e. The van der Waals surface area contributed by atoms with E-state index >= 15 is 0 Å². The molecular formula is C72H53N5OPt-2. The van der Waals surface area contributed by atoms with E-state index in [1.807, 2.05) is 18.3 Å². The molecule has 3 aromatic heterocycles. The minimum absolute atomic E-state index is 0.0887. The Morgan fingerprint density at radius 1 is 0.481 bits per heavy atom. The van der Waals surface area contributed by atoms with Crippen LogP contribution in [0.2, 0.25) is 0 Å². The topological polar surface area (TPSA) is 40.1 Å². The van der Waals surface area contributed by atoms with Gasteiger partial charge in [0.15, 0.2) is 0 Å². The summed E-state index contributed by atoms with van der Waals surface area (Å²) in [6, 6.07) is 89.8. The van der Waals surface area contributed by atoms with Gasteiger partial charge in [-0.3, -0.25) is 0 Å². The zero-order chi connectivity index (χ0) is 53.4. The first kappa shape index (κ1) is 48.3. The molecule has 384 valence electrons. The molecule has 0 amide bonds. The van der Waals surface area contributed by atoms with Gasteiger partial charge in [0.2, 0.25) is 0 Å². The van der Waals surface area contributed by atoms with Crippen molar-refractivity contribution < 1.29 is 24.1 Å². The van der Waals surface area contributed by atoms with E-state index in [1.165, 1.54) is 44.1 Å². The standard InChI is InChI=1S/C72H53N5O.Pt/c1-48-39-70(73-45-64(48)51-25-12-7-13-26-51)74-46-52-40-55(77-65-31-16-14-29-59(65)60-30-15-17-32-66(60)77)35-37-58(52)61-38-36-57(44-69(61)74)78-56-28-20-27-54(43-56)75-47-76(68-34-19-18-33-67(68)75)71-62(49-21-8-5-9-22-49)41-53(72(2,3)4)42-63(71)50-23-10-6-11-24-50;/h5-42,45H,46H2,1-4H3;/q-2;. The molecule has 0 atom stereocenters. The Kier molecular flexibility index (Phi) is 11.9. The van der Waals surface area contributed by atoms with E-state index in [-0.39, 0.29) is 5.41 Å². The van der Waals surface area contributed by atoms with Crippen LogP contribution in [-0.2, 0) is 31.3 Å². The molecule has 1 aliphatic rings. The van der Waals surface area contributed by atoms with E-state index in [0.717, 1.165) is 82.3 Å². The Morgan fingerprint density at radius 2 is 1.03 bits per heavy atom. The fourth-order valence-electron chi connectivity index (χ4n) is 11.6. The molecule has 6 nitrogen and oxygen atoms in total. The first-order valence-corrected chi connectivity index (χ1v) is 27.9. The molecule has 0 aliphatic carbocycles. The van der Waals surface area contributed by atoms with Gasteiger partial charge in [-0.15, -0.1) is 0 Å². The molecule has 4 heterocycles. The number of hydrogen-bond donors (Lipinski definition) is 0. The van der Waals surface area contributed by atoms with Crippen LogP contribution in [0, 0.1) is 22.9 Å². The second-order valence-corrected chi connectivity index (χ2v) is 22.4. The molecule has 0 spiro atoms. The molecule has 0 saturated carbocycles. The number of ether oxygens (including phenoxy) is 1. The van der Waals surface area contributed by atoms with Crippen LogP contribution in [0.25, 0.3) is 94.4 Å². The van der Waals surface area contributed by atoms with Gasteiger partial charge in [0.25, 0.3) is 0 Å². The summed E-state index contributed by atoms with van der Waals surface area (Å²) in [5.41, 5.74) is 21.1. The van der Waals surface area contributed by atoms with E-state index in [9.17, 15) is 0 Å². The van der Waals surface area contributed by atoms with E-state index < -0.39 is 0 Å². The number of benzene rings is 10. The number of hydrogen-bond acceptors (Lipinski definition) is 3. The second kappa shape index (κ2) is 19.4. The fraction of sp³-hybridized carbons (Fsp3) is 0.0833. The molecule has 13 aromatic rings. The molecule has 0 saturated heterocycles. The Bertz CT molecular complexity index is 4450. The minimum atomic E-state index is -0.0887. The Balaban J connectivity index is 0.884. The summed E-state index contributed by atoms with van der Waals surface area (Å²) in [4.78, 5) is 7.48. The average Bonchev–Trinajstić information content (AvgIpc) is 4.11. The van der Waals surface area contributed by atoms with Gasteiger partial charge in [-0.25, -0.2) is 0 Å². The van der Waals surface area contributed by atoms with Crippen molar-refractivity contribution in [2.75, 3.05) is 4.90 Å². The first-order chi connectivity index (χ1) is 38.6. The SMILES string of the molecule is Cc1cc(N2Cc3cc(-n4c5ccccc5c5ccccc54)ccc3-c3ccc(Oc4[c-]c(-n5[c](=[Pt])n(-c6c(-c7ccccc7)cc(C(C)(C)C)cc6-c6ccccc6)c6ccccc65)ccc4)[c-]c32)ncc1-c1ccccc1. The predicted molar refractivity (Wildman–Crippen MR) is 320 cm³/mol. The molecule has 0 radical (unpaired) electrons. The van der Waals surface area contributed by atoms with Gasteiger partial charge in [-0.1, -0.05) is 66.7 Å². The Hall–Kier alpha value is -9.09. The van der Waals surface area contributed by atoms with E-state index in [2.05, 4.69) is 296 Å². The van der Waals surface area contributed by atoms with Crippen LogP contribution in [0.4, 0.5) is 11.5 Å². The van der Waals surface area contributed by atoms with Crippen LogP contribution in [-0.4, -0.2) is 18.7 Å². The smallest absolute Gasteiger partial charge is 0.0622 e. The Morgan fingerprint density at radius 3 is 1.63 bits per heavy atom. The number of anilines is 2. The molecule has 7 heteroatoms. The summed E-state index contributed by atoms with van der Waals surface area (Å²) in [6.45, 7) is 9.64. The van der Waals surface area contributed by atoms with Crippen LogP contribution in [0.5, 0.6) is 11.5 Å². The van der Waals surface area contributed by atoms with Crippen molar-refractivity contribution in [2.45, 2.75) is 39.7 Å². The summed E-state index contributed by atoms with van der Waals surface area (Å²) in [5, 5.41) is 2.48. The molecule has 0 unspecified atom stereocenters. The van der Waals surface area contributed by atoms with Crippen molar-refractivity contribution in [2.24, 2.45) is 0 Å². The van der Waals surface area contributed by atoms with Crippen LogP contribution in [0.1, 0.15) is 37.5 Å². The molecule has 10 aromatic carbocycles. The quantitative estimate of drug-likeness (QED) is 0.135. The third-order valence-electron chi connectivity index (χ3n) is 15.5. The van der Waals surface area contributed by atoms with Crippen molar-refractivity contribution in [3.05, 3.63) is 269 Å². The number of nitrogens with zero attached hydrogens (tertiary/aromatic N) is 5. The van der Waals surface area contributed by atoms with Gasteiger partial charge < -0.3 is 4.57 Å². The van der Waals surface area contributed by atoms with Crippen molar-refractivity contribution in [3.63, 3.8) is 0 Å². The van der Waals surface area contributed by atoms with Crippen LogP contribution >= 0.6 is 0 Å². The number of aromatic nitrogens is 4. The van der Waals surface area contributed by atoms with Gasteiger partial charge in [-0.05, 0) is 42.3 Å². The van der Waals surface area contributed by atoms with Crippen molar-refractivity contribution in [1.82, 2.24) is 18.7 Å².